The van der Waals surface area contributed by atoms with E-state index in [1.54, 1.807) is 6.20 Å². The molecule has 1 atom stereocenters. The van der Waals surface area contributed by atoms with E-state index in [9.17, 15) is 14.3 Å². The number of pyridine rings is 1. The predicted octanol–water partition coefficient (Wildman–Crippen LogP) is 7.69. The molecule has 3 aromatic carbocycles. The van der Waals surface area contributed by atoms with E-state index in [-0.39, 0.29) is 6.61 Å². The predicted molar refractivity (Wildman–Crippen MR) is 161 cm³/mol. The molecule has 0 spiro atoms. The first-order valence-electron chi connectivity index (χ1n) is 14.0. The maximum absolute atomic E-state index is 13.8. The molecule has 1 aliphatic rings. The molecule has 210 valence electrons. The minimum atomic E-state index is -0.789. The van der Waals surface area contributed by atoms with Crippen LogP contribution in [-0.4, -0.2) is 33.5 Å². The molecule has 41 heavy (non-hydrogen) atoms. The summed E-state index contributed by atoms with van der Waals surface area (Å²) in [4.78, 5) is 17.9. The number of carboxylic acids is 1. The average molecular weight is 551 g/mol. The molecule has 5 nitrogen and oxygen atoms in total. The largest absolute Gasteiger partial charge is 0.488 e. The van der Waals surface area contributed by atoms with Gasteiger partial charge in [-0.25, -0.2) is 4.39 Å². The maximum Gasteiger partial charge on any atom is 0.320 e. The van der Waals surface area contributed by atoms with Crippen LogP contribution in [0.3, 0.4) is 0 Å². The number of carboxylic acid groups (broad SMARTS) is 1. The number of aromatic nitrogens is 1. The SMILES string of the molecule is Cc1cc(CN2CCCC[C@H]2C(=O)O)c(OCc2cncc(F)c2)cc1/C=C/c1cccc(-c2ccccc2)c1C. The third kappa shape index (κ3) is 6.90. The van der Waals surface area contributed by atoms with E-state index in [4.69, 9.17) is 4.74 Å². The van der Waals surface area contributed by atoms with E-state index in [2.05, 4.69) is 67.4 Å². The maximum atomic E-state index is 13.8. The molecule has 6 heteroatoms. The van der Waals surface area contributed by atoms with Gasteiger partial charge in [0.2, 0.25) is 0 Å². The summed E-state index contributed by atoms with van der Waals surface area (Å²) < 4.78 is 20.0. The zero-order chi connectivity index (χ0) is 28.8. The highest BCUT2D eigenvalue weighted by Gasteiger charge is 2.29. The van der Waals surface area contributed by atoms with Gasteiger partial charge in [-0.2, -0.15) is 0 Å². The Labute approximate surface area is 241 Å². The van der Waals surface area contributed by atoms with E-state index in [0.29, 0.717) is 24.3 Å². The lowest BCUT2D eigenvalue weighted by Crippen LogP contribution is -2.44. The summed E-state index contributed by atoms with van der Waals surface area (Å²) in [6.45, 7) is 5.54. The normalized spacial score (nSPS) is 15.7. The van der Waals surface area contributed by atoms with Crippen molar-refractivity contribution in [3.8, 4) is 16.9 Å². The van der Waals surface area contributed by atoms with E-state index in [0.717, 1.165) is 41.6 Å². The Hall–Kier alpha value is -4.29. The molecule has 0 unspecified atom stereocenters. The molecule has 1 aromatic heterocycles. The summed E-state index contributed by atoms with van der Waals surface area (Å²) in [7, 11) is 0. The van der Waals surface area contributed by atoms with Gasteiger partial charge in [-0.1, -0.05) is 73.2 Å². The molecule has 0 bridgehead atoms. The third-order valence-corrected chi connectivity index (χ3v) is 7.78. The zero-order valence-corrected chi connectivity index (χ0v) is 23.5. The molecular formula is C35H35FN2O3. The lowest BCUT2D eigenvalue weighted by atomic mass is 9.95. The van der Waals surface area contributed by atoms with Crippen LogP contribution in [-0.2, 0) is 17.9 Å². The van der Waals surface area contributed by atoms with Crippen molar-refractivity contribution in [2.24, 2.45) is 0 Å². The Morgan fingerprint density at radius 1 is 1.02 bits per heavy atom. The molecule has 0 amide bonds. The van der Waals surface area contributed by atoms with Gasteiger partial charge in [0.1, 0.15) is 24.2 Å². The van der Waals surface area contributed by atoms with E-state index in [1.807, 2.05) is 29.2 Å². The number of benzene rings is 3. The van der Waals surface area contributed by atoms with Gasteiger partial charge < -0.3 is 9.84 Å². The minimum absolute atomic E-state index is 0.157. The summed E-state index contributed by atoms with van der Waals surface area (Å²) in [5, 5.41) is 9.80. The van der Waals surface area contributed by atoms with Gasteiger partial charge in [0.15, 0.2) is 0 Å². The van der Waals surface area contributed by atoms with E-state index >= 15 is 0 Å². The fraction of sp³-hybridized carbons (Fsp3) is 0.257. The first kappa shape index (κ1) is 28.2. The Bertz CT molecular complexity index is 1550. The number of rotatable bonds is 9. The van der Waals surface area contributed by atoms with Crippen molar-refractivity contribution in [1.29, 1.82) is 0 Å². The number of halogens is 1. The van der Waals surface area contributed by atoms with Crippen LogP contribution in [0.4, 0.5) is 4.39 Å². The van der Waals surface area contributed by atoms with Crippen molar-refractivity contribution < 1.29 is 19.0 Å². The number of aliphatic carboxylic acids is 1. The number of aryl methyl sites for hydroxylation is 1. The van der Waals surface area contributed by atoms with Crippen LogP contribution in [0.25, 0.3) is 23.3 Å². The molecule has 0 aliphatic carbocycles. The summed E-state index contributed by atoms with van der Waals surface area (Å²) in [6, 6.07) is 21.7. The Kier molecular flexibility index (Phi) is 8.90. The van der Waals surface area contributed by atoms with E-state index < -0.39 is 17.8 Å². The smallest absolute Gasteiger partial charge is 0.320 e. The summed E-state index contributed by atoms with van der Waals surface area (Å²) >= 11 is 0. The van der Waals surface area contributed by atoms with E-state index in [1.165, 1.54) is 29.0 Å². The van der Waals surface area contributed by atoms with Crippen molar-refractivity contribution in [3.63, 3.8) is 0 Å². The molecule has 1 fully saturated rings. The molecule has 1 saturated heterocycles. The second kappa shape index (κ2) is 12.9. The molecule has 0 radical (unpaired) electrons. The molecule has 1 aliphatic heterocycles. The topological polar surface area (TPSA) is 62.7 Å². The van der Waals surface area contributed by atoms with Gasteiger partial charge in [-0.15, -0.1) is 0 Å². The Morgan fingerprint density at radius 2 is 1.83 bits per heavy atom. The molecular weight excluding hydrogens is 515 g/mol. The lowest BCUT2D eigenvalue weighted by Gasteiger charge is -2.33. The number of likely N-dealkylation sites (tertiary alicyclic amines) is 1. The highest BCUT2D eigenvalue weighted by Crippen LogP contribution is 2.31. The van der Waals surface area contributed by atoms with Crippen LogP contribution < -0.4 is 4.74 Å². The Balaban J connectivity index is 1.46. The van der Waals surface area contributed by atoms with Crippen molar-refractivity contribution in [1.82, 2.24) is 9.88 Å². The van der Waals surface area contributed by atoms with Gasteiger partial charge in [-0.3, -0.25) is 14.7 Å². The van der Waals surface area contributed by atoms with Gasteiger partial charge in [-0.05, 0) is 78.7 Å². The van der Waals surface area contributed by atoms with Crippen molar-refractivity contribution >= 4 is 18.1 Å². The first-order chi connectivity index (χ1) is 19.9. The third-order valence-electron chi connectivity index (χ3n) is 7.78. The Morgan fingerprint density at radius 3 is 2.61 bits per heavy atom. The number of carbonyl (C=O) groups is 1. The molecule has 0 saturated carbocycles. The number of hydrogen-bond acceptors (Lipinski definition) is 4. The van der Waals surface area contributed by atoms with Crippen molar-refractivity contribution in [2.45, 2.75) is 52.3 Å². The summed E-state index contributed by atoms with van der Waals surface area (Å²) in [6.07, 6.45) is 9.49. The highest BCUT2D eigenvalue weighted by molar-refractivity contribution is 5.78. The number of nitrogens with zero attached hydrogens (tertiary/aromatic N) is 2. The number of piperidine rings is 1. The van der Waals surface area contributed by atoms with Crippen molar-refractivity contribution in [2.75, 3.05) is 6.54 Å². The molecule has 1 N–H and O–H groups in total. The van der Waals surface area contributed by atoms with Gasteiger partial charge in [0.05, 0.1) is 6.20 Å². The van der Waals surface area contributed by atoms with Crippen LogP contribution in [0.15, 0.2) is 79.1 Å². The second-order valence-corrected chi connectivity index (χ2v) is 10.7. The fourth-order valence-electron chi connectivity index (χ4n) is 5.52. The standard InChI is InChI=1S/C35H35FN2O3/c1-24-17-30(22-38-16-7-6-13-33(38)35(39)40)34(41-23-26-18-31(36)21-37-20-26)19-29(24)15-14-27-11-8-12-32(25(27)2)28-9-4-3-5-10-28/h3-5,8-12,14-15,17-21,33H,6-7,13,16,22-23H2,1-2H3,(H,39,40)/b15-14+/t33-/m0/s1. The highest BCUT2D eigenvalue weighted by atomic mass is 19.1. The van der Waals surface area contributed by atoms with Gasteiger partial charge in [0, 0.05) is 23.9 Å². The molecule has 5 rings (SSSR count). The van der Waals surface area contributed by atoms with Crippen LogP contribution in [0, 0.1) is 19.7 Å². The zero-order valence-electron chi connectivity index (χ0n) is 23.5. The van der Waals surface area contributed by atoms with Crippen LogP contribution in [0.5, 0.6) is 5.75 Å². The van der Waals surface area contributed by atoms with Crippen LogP contribution in [0.1, 0.15) is 52.6 Å². The van der Waals surface area contributed by atoms with Crippen LogP contribution in [0.2, 0.25) is 0 Å². The number of hydrogen-bond donors (Lipinski definition) is 1. The lowest BCUT2D eigenvalue weighted by molar-refractivity contribution is -0.144. The molecule has 4 aromatic rings. The van der Waals surface area contributed by atoms with Crippen LogP contribution >= 0.6 is 0 Å². The average Bonchev–Trinajstić information content (AvgIpc) is 2.97. The van der Waals surface area contributed by atoms with Gasteiger partial charge >= 0.3 is 5.97 Å². The molecule has 2 heterocycles. The summed E-state index contributed by atoms with van der Waals surface area (Å²) in [5.41, 5.74) is 8.31. The van der Waals surface area contributed by atoms with Crippen molar-refractivity contribution in [3.05, 3.63) is 118 Å². The minimum Gasteiger partial charge on any atom is -0.488 e. The van der Waals surface area contributed by atoms with Gasteiger partial charge in [0.25, 0.3) is 0 Å². The quantitative estimate of drug-likeness (QED) is 0.217. The second-order valence-electron chi connectivity index (χ2n) is 10.7. The monoisotopic (exact) mass is 550 g/mol. The fourth-order valence-corrected chi connectivity index (χ4v) is 5.52. The summed E-state index contributed by atoms with van der Waals surface area (Å²) in [5.74, 6) is -0.545. The number of ether oxygens (including phenoxy) is 1. The first-order valence-corrected chi connectivity index (χ1v) is 14.0.